The molecule has 0 aromatic rings. The summed E-state index contributed by atoms with van der Waals surface area (Å²) in [5.74, 6) is 0. The molecule has 0 aromatic heterocycles. The van der Waals surface area contributed by atoms with E-state index in [-0.39, 0.29) is 5.60 Å². The number of hydrogen-bond donors (Lipinski definition) is 0. The maximum atomic E-state index is 11.0. The van der Waals surface area contributed by atoms with Crippen LogP contribution in [-0.4, -0.2) is 12.2 Å². The lowest BCUT2D eigenvalue weighted by atomic mass is 10.2. The van der Waals surface area contributed by atoms with E-state index in [1.165, 1.54) is 0 Å². The van der Waals surface area contributed by atoms with Gasteiger partial charge in [0.2, 0.25) is 0 Å². The van der Waals surface area contributed by atoms with Gasteiger partial charge in [-0.15, -0.1) is 0 Å². The molecule has 0 amide bonds. The van der Waals surface area contributed by atoms with Gasteiger partial charge in [0.05, 0.1) is 12.2 Å². The minimum atomic E-state index is -2.26. The molecular formula is C7H17O3P. The maximum absolute atomic E-state index is 11.0. The molecule has 0 saturated heterocycles. The predicted octanol–water partition coefficient (Wildman–Crippen LogP) is 2.62. The summed E-state index contributed by atoms with van der Waals surface area (Å²) in [5, 5.41) is 0. The van der Waals surface area contributed by atoms with E-state index in [1.807, 2.05) is 27.7 Å². The summed E-state index contributed by atoms with van der Waals surface area (Å²) < 4.78 is 20.9. The minimum Gasteiger partial charge on any atom is -0.311 e. The highest BCUT2D eigenvalue weighted by molar-refractivity contribution is 7.33. The van der Waals surface area contributed by atoms with Gasteiger partial charge in [0, 0.05) is 0 Å². The Morgan fingerprint density at radius 1 is 1.36 bits per heavy atom. The van der Waals surface area contributed by atoms with Crippen molar-refractivity contribution in [2.75, 3.05) is 6.61 Å². The molecule has 0 heterocycles. The summed E-state index contributed by atoms with van der Waals surface area (Å²) in [4.78, 5) is 0. The molecule has 4 heteroatoms. The van der Waals surface area contributed by atoms with Gasteiger partial charge in [-0.3, -0.25) is 4.57 Å². The SMILES string of the molecule is CCCO[PH](=O)OC(C)(C)C. The monoisotopic (exact) mass is 180 g/mol. The summed E-state index contributed by atoms with van der Waals surface area (Å²) in [6, 6.07) is 0. The van der Waals surface area contributed by atoms with Crippen molar-refractivity contribution < 1.29 is 13.6 Å². The molecule has 0 aliphatic rings. The van der Waals surface area contributed by atoms with E-state index in [4.69, 9.17) is 9.05 Å². The van der Waals surface area contributed by atoms with Crippen LogP contribution in [0.15, 0.2) is 0 Å². The predicted molar refractivity (Wildman–Crippen MR) is 46.1 cm³/mol. The van der Waals surface area contributed by atoms with Crippen molar-refractivity contribution in [3.63, 3.8) is 0 Å². The van der Waals surface area contributed by atoms with Crippen LogP contribution in [0.3, 0.4) is 0 Å². The highest BCUT2D eigenvalue weighted by Gasteiger charge is 2.14. The summed E-state index contributed by atoms with van der Waals surface area (Å²) in [5.41, 5.74) is -0.371. The van der Waals surface area contributed by atoms with Crippen molar-refractivity contribution in [2.45, 2.75) is 39.7 Å². The fourth-order valence-electron chi connectivity index (χ4n) is 0.465. The normalized spacial score (nSPS) is 14.9. The van der Waals surface area contributed by atoms with Crippen molar-refractivity contribution in [1.29, 1.82) is 0 Å². The van der Waals surface area contributed by atoms with Crippen molar-refractivity contribution in [1.82, 2.24) is 0 Å². The average Bonchev–Trinajstić information content (AvgIpc) is 1.79. The van der Waals surface area contributed by atoms with Crippen LogP contribution < -0.4 is 0 Å². The second-order valence-corrected chi connectivity index (χ2v) is 4.31. The first-order chi connectivity index (χ1) is 4.95. The molecule has 0 aliphatic heterocycles. The van der Waals surface area contributed by atoms with Crippen LogP contribution in [0.2, 0.25) is 0 Å². The summed E-state index contributed by atoms with van der Waals surface area (Å²) >= 11 is 0. The molecule has 3 nitrogen and oxygen atoms in total. The van der Waals surface area contributed by atoms with Gasteiger partial charge >= 0.3 is 8.25 Å². The molecule has 0 bridgehead atoms. The van der Waals surface area contributed by atoms with Gasteiger partial charge in [-0.05, 0) is 27.2 Å². The standard InChI is InChI=1S/C7H17O3P/c1-5-6-9-11(8)10-7(2,3)4/h11H,5-6H2,1-4H3. The molecule has 11 heavy (non-hydrogen) atoms. The fourth-order valence-corrected chi connectivity index (χ4v) is 1.39. The van der Waals surface area contributed by atoms with Gasteiger partial charge in [-0.1, -0.05) is 6.92 Å². The highest BCUT2D eigenvalue weighted by atomic mass is 31.1. The van der Waals surface area contributed by atoms with Gasteiger partial charge in [0.15, 0.2) is 0 Å². The molecular weight excluding hydrogens is 163 g/mol. The smallest absolute Gasteiger partial charge is 0.311 e. The Morgan fingerprint density at radius 2 is 1.91 bits per heavy atom. The second kappa shape index (κ2) is 4.91. The fraction of sp³-hybridized carbons (Fsp3) is 1.00. The molecule has 0 N–H and O–H groups in total. The lowest BCUT2D eigenvalue weighted by Gasteiger charge is -2.18. The summed E-state index contributed by atoms with van der Waals surface area (Å²) in [6.07, 6.45) is 0.865. The van der Waals surface area contributed by atoms with Gasteiger partial charge in [0.1, 0.15) is 0 Å². The quantitative estimate of drug-likeness (QED) is 0.624. The molecule has 0 spiro atoms. The Labute approximate surface area is 69.0 Å². The van der Waals surface area contributed by atoms with Crippen molar-refractivity contribution in [3.05, 3.63) is 0 Å². The van der Waals surface area contributed by atoms with Crippen LogP contribution in [0, 0.1) is 0 Å². The first-order valence-electron chi connectivity index (χ1n) is 3.81. The van der Waals surface area contributed by atoms with Gasteiger partial charge in [-0.25, -0.2) is 0 Å². The lowest BCUT2D eigenvalue weighted by Crippen LogP contribution is -2.14. The van der Waals surface area contributed by atoms with E-state index in [0.717, 1.165) is 6.42 Å². The molecule has 1 atom stereocenters. The first-order valence-corrected chi connectivity index (χ1v) is 5.04. The third-order valence-corrected chi connectivity index (χ3v) is 2.03. The van der Waals surface area contributed by atoms with Crippen LogP contribution >= 0.6 is 8.25 Å². The lowest BCUT2D eigenvalue weighted by molar-refractivity contribution is 0.108. The van der Waals surface area contributed by atoms with Crippen LogP contribution in [0.5, 0.6) is 0 Å². The first kappa shape index (κ1) is 11.2. The van der Waals surface area contributed by atoms with E-state index in [0.29, 0.717) is 6.61 Å². The van der Waals surface area contributed by atoms with E-state index in [1.54, 1.807) is 0 Å². The molecule has 0 aromatic carbocycles. The van der Waals surface area contributed by atoms with Crippen LogP contribution in [0.25, 0.3) is 0 Å². The summed E-state index contributed by atoms with van der Waals surface area (Å²) in [6.45, 7) is 8.03. The van der Waals surface area contributed by atoms with Crippen LogP contribution in [0.1, 0.15) is 34.1 Å². The van der Waals surface area contributed by atoms with E-state index in [9.17, 15) is 4.57 Å². The van der Waals surface area contributed by atoms with Crippen LogP contribution in [-0.2, 0) is 13.6 Å². The Morgan fingerprint density at radius 3 is 2.27 bits per heavy atom. The van der Waals surface area contributed by atoms with Gasteiger partial charge in [-0.2, -0.15) is 0 Å². The largest absolute Gasteiger partial charge is 0.319 e. The average molecular weight is 180 g/mol. The topological polar surface area (TPSA) is 35.5 Å². The van der Waals surface area contributed by atoms with Crippen LogP contribution in [0.4, 0.5) is 0 Å². The maximum Gasteiger partial charge on any atom is 0.319 e. The molecule has 0 aliphatic carbocycles. The molecule has 0 rings (SSSR count). The van der Waals surface area contributed by atoms with Gasteiger partial charge in [0.25, 0.3) is 0 Å². The Bertz CT molecular complexity index is 128. The van der Waals surface area contributed by atoms with E-state index < -0.39 is 8.25 Å². The van der Waals surface area contributed by atoms with Crippen molar-refractivity contribution in [2.24, 2.45) is 0 Å². The van der Waals surface area contributed by atoms with Gasteiger partial charge < -0.3 is 9.05 Å². The zero-order valence-corrected chi connectivity index (χ0v) is 8.64. The Kier molecular flexibility index (Phi) is 4.98. The number of hydrogen-bond acceptors (Lipinski definition) is 3. The molecule has 0 fully saturated rings. The molecule has 68 valence electrons. The molecule has 0 saturated carbocycles. The van der Waals surface area contributed by atoms with Crippen molar-refractivity contribution in [3.8, 4) is 0 Å². The third-order valence-electron chi connectivity index (χ3n) is 0.814. The third kappa shape index (κ3) is 8.05. The highest BCUT2D eigenvalue weighted by Crippen LogP contribution is 2.30. The Balaban J connectivity index is 3.53. The molecule has 0 radical (unpaired) electrons. The second-order valence-electron chi connectivity index (χ2n) is 3.31. The van der Waals surface area contributed by atoms with E-state index >= 15 is 0 Å². The zero-order valence-electron chi connectivity index (χ0n) is 7.64. The number of rotatable bonds is 4. The molecule has 1 unspecified atom stereocenters. The van der Waals surface area contributed by atoms with Crippen molar-refractivity contribution >= 4 is 8.25 Å². The minimum absolute atomic E-state index is 0.371. The Hall–Kier alpha value is 0.150. The summed E-state index contributed by atoms with van der Waals surface area (Å²) in [7, 11) is -2.26. The zero-order chi connectivity index (χ0) is 8.91. The van der Waals surface area contributed by atoms with E-state index in [2.05, 4.69) is 0 Å².